The quantitative estimate of drug-likeness (QED) is 0.681. The minimum Gasteiger partial charge on any atom is -0.633 e. The maximum Gasteiger partial charge on any atom is 0.119 e. The maximum atomic E-state index is 12.0. The lowest BCUT2D eigenvalue weighted by atomic mass is 9.71. The van der Waals surface area contributed by atoms with E-state index in [1.54, 1.807) is 21.2 Å². The van der Waals surface area contributed by atoms with Crippen LogP contribution < -0.4 is 4.74 Å². The van der Waals surface area contributed by atoms with Crippen LogP contribution in [0.15, 0.2) is 24.3 Å². The first-order valence-electron chi connectivity index (χ1n) is 7.26. The maximum absolute atomic E-state index is 12.0. The minimum absolute atomic E-state index is 0.00384. The number of nitrogens with zero attached hydrogens (tertiary/aromatic N) is 1. The molecule has 4 heteroatoms. The average molecular weight is 279 g/mol. The van der Waals surface area contributed by atoms with Crippen molar-refractivity contribution in [2.75, 3.05) is 27.7 Å². The second kappa shape index (κ2) is 5.72. The second-order valence-electron chi connectivity index (χ2n) is 6.36. The van der Waals surface area contributed by atoms with Crippen molar-refractivity contribution in [1.29, 1.82) is 0 Å². The van der Waals surface area contributed by atoms with Crippen molar-refractivity contribution < 1.29 is 14.5 Å². The van der Waals surface area contributed by atoms with Crippen molar-refractivity contribution in [1.82, 2.24) is 0 Å². The van der Waals surface area contributed by atoms with Crippen LogP contribution in [0.4, 0.5) is 0 Å². The highest BCUT2D eigenvalue weighted by atomic mass is 16.5. The number of quaternary nitrogens is 1. The zero-order valence-corrected chi connectivity index (χ0v) is 12.6. The minimum atomic E-state index is -0.910. The van der Waals surface area contributed by atoms with Gasteiger partial charge in [0.05, 0.1) is 33.4 Å². The van der Waals surface area contributed by atoms with E-state index in [1.807, 2.05) is 24.3 Å². The summed E-state index contributed by atoms with van der Waals surface area (Å²) in [6.45, 7) is 0.438. The summed E-state index contributed by atoms with van der Waals surface area (Å²) >= 11 is 0. The lowest BCUT2D eigenvalue weighted by Gasteiger charge is -2.45. The Morgan fingerprint density at radius 2 is 2.15 bits per heavy atom. The molecule has 112 valence electrons. The third-order valence-corrected chi connectivity index (χ3v) is 4.27. The van der Waals surface area contributed by atoms with Gasteiger partial charge in [0.15, 0.2) is 0 Å². The molecule has 1 aliphatic rings. The van der Waals surface area contributed by atoms with Crippen molar-refractivity contribution in [3.63, 3.8) is 0 Å². The van der Waals surface area contributed by atoms with Crippen LogP contribution in [0.5, 0.6) is 5.75 Å². The van der Waals surface area contributed by atoms with E-state index >= 15 is 0 Å². The van der Waals surface area contributed by atoms with Crippen LogP contribution in [-0.4, -0.2) is 37.5 Å². The van der Waals surface area contributed by atoms with Crippen LogP contribution in [0.2, 0.25) is 0 Å². The van der Waals surface area contributed by atoms with E-state index in [0.717, 1.165) is 30.6 Å². The van der Waals surface area contributed by atoms with Gasteiger partial charge in [-0.05, 0) is 30.5 Å². The summed E-state index contributed by atoms with van der Waals surface area (Å²) in [6, 6.07) is 7.60. The van der Waals surface area contributed by atoms with Gasteiger partial charge in [-0.2, -0.15) is 0 Å². The zero-order chi connectivity index (χ0) is 14.8. The van der Waals surface area contributed by atoms with Gasteiger partial charge >= 0.3 is 0 Å². The van der Waals surface area contributed by atoms with Crippen LogP contribution in [0.1, 0.15) is 31.2 Å². The highest BCUT2D eigenvalue weighted by Gasteiger charge is 2.42. The van der Waals surface area contributed by atoms with Crippen molar-refractivity contribution in [3.05, 3.63) is 35.0 Å². The van der Waals surface area contributed by atoms with E-state index in [-0.39, 0.29) is 10.6 Å². The Hall–Kier alpha value is -1.10. The average Bonchev–Trinajstić information content (AvgIpc) is 2.40. The summed E-state index contributed by atoms with van der Waals surface area (Å²) in [5.41, 5.74) is -0.0396. The van der Waals surface area contributed by atoms with E-state index in [2.05, 4.69) is 0 Å². The molecule has 2 atom stereocenters. The first kappa shape index (κ1) is 15.3. The lowest BCUT2D eigenvalue weighted by Crippen LogP contribution is -2.47. The number of hydrogen-bond donors (Lipinski definition) is 1. The third-order valence-electron chi connectivity index (χ3n) is 4.27. The van der Waals surface area contributed by atoms with Crippen LogP contribution in [0, 0.1) is 11.1 Å². The van der Waals surface area contributed by atoms with Gasteiger partial charge in [-0.1, -0.05) is 25.0 Å². The largest absolute Gasteiger partial charge is 0.633 e. The molecular weight excluding hydrogens is 254 g/mol. The molecule has 1 N–H and O–H groups in total. The van der Waals surface area contributed by atoms with Gasteiger partial charge in [0, 0.05) is 5.92 Å². The fourth-order valence-electron chi connectivity index (χ4n) is 3.27. The SMILES string of the molecule is COc1cccc([C@@]2(O)CCCC[C@@H]2C[N+](C)(C)[O-])c1. The van der Waals surface area contributed by atoms with Gasteiger partial charge in [0.1, 0.15) is 5.75 Å². The Morgan fingerprint density at radius 1 is 1.40 bits per heavy atom. The van der Waals surface area contributed by atoms with Crippen molar-refractivity contribution in [2.24, 2.45) is 5.92 Å². The molecule has 0 heterocycles. The Morgan fingerprint density at radius 3 is 2.80 bits per heavy atom. The number of hydroxylamine groups is 3. The smallest absolute Gasteiger partial charge is 0.119 e. The third kappa shape index (κ3) is 3.32. The molecule has 0 amide bonds. The van der Waals surface area contributed by atoms with Crippen LogP contribution in [-0.2, 0) is 5.60 Å². The molecule has 2 rings (SSSR count). The van der Waals surface area contributed by atoms with Gasteiger partial charge in [0.2, 0.25) is 0 Å². The van der Waals surface area contributed by atoms with Crippen molar-refractivity contribution >= 4 is 0 Å². The number of aliphatic hydroxyl groups is 1. The molecule has 0 radical (unpaired) electrons. The topological polar surface area (TPSA) is 52.5 Å². The molecule has 4 nitrogen and oxygen atoms in total. The van der Waals surface area contributed by atoms with E-state index < -0.39 is 5.60 Å². The molecule has 1 aromatic rings. The molecule has 1 aliphatic carbocycles. The van der Waals surface area contributed by atoms with E-state index in [4.69, 9.17) is 4.74 Å². The molecule has 0 saturated heterocycles. The molecule has 0 aromatic heterocycles. The molecule has 20 heavy (non-hydrogen) atoms. The summed E-state index contributed by atoms with van der Waals surface area (Å²) in [6.07, 6.45) is 3.69. The molecule has 1 fully saturated rings. The van der Waals surface area contributed by atoms with Gasteiger partial charge in [-0.25, -0.2) is 0 Å². The van der Waals surface area contributed by atoms with E-state index in [9.17, 15) is 10.3 Å². The van der Waals surface area contributed by atoms with Crippen molar-refractivity contribution in [2.45, 2.75) is 31.3 Å². The number of rotatable bonds is 4. The molecule has 1 saturated carbocycles. The fraction of sp³-hybridized carbons (Fsp3) is 0.625. The Bertz CT molecular complexity index is 455. The lowest BCUT2D eigenvalue weighted by molar-refractivity contribution is -0.845. The van der Waals surface area contributed by atoms with Gasteiger partial charge in [-0.3, -0.25) is 0 Å². The highest BCUT2D eigenvalue weighted by Crippen LogP contribution is 2.43. The summed E-state index contributed by atoms with van der Waals surface area (Å²) in [7, 11) is 4.90. The number of benzene rings is 1. The van der Waals surface area contributed by atoms with Crippen LogP contribution in [0.25, 0.3) is 0 Å². The molecule has 0 unspecified atom stereocenters. The first-order valence-corrected chi connectivity index (χ1v) is 7.26. The van der Waals surface area contributed by atoms with E-state index in [1.165, 1.54) is 0 Å². The highest BCUT2D eigenvalue weighted by molar-refractivity contribution is 5.33. The summed E-state index contributed by atoms with van der Waals surface area (Å²) in [5.74, 6) is 0.743. The summed E-state index contributed by atoms with van der Waals surface area (Å²) < 4.78 is 4.89. The number of methoxy groups -OCH3 is 1. The standard InChI is InChI=1S/C16H25NO3/c1-17(2,19)12-14-7-4-5-10-16(14,18)13-8-6-9-15(11-13)20-3/h6,8-9,11,14,18H,4-5,7,10,12H2,1-3H3/t14-,16+/m1/s1. The second-order valence-corrected chi connectivity index (χ2v) is 6.36. The van der Waals surface area contributed by atoms with Gasteiger partial charge < -0.3 is 19.7 Å². The molecular formula is C16H25NO3. The molecule has 0 aliphatic heterocycles. The zero-order valence-electron chi connectivity index (χ0n) is 12.6. The van der Waals surface area contributed by atoms with Gasteiger partial charge in [-0.15, -0.1) is 0 Å². The molecule has 0 spiro atoms. The number of ether oxygens (including phenoxy) is 1. The summed E-state index contributed by atoms with van der Waals surface area (Å²) in [4.78, 5) is 0. The monoisotopic (exact) mass is 279 g/mol. The molecule has 1 aromatic carbocycles. The Balaban J connectivity index is 2.32. The predicted molar refractivity (Wildman–Crippen MR) is 79.2 cm³/mol. The van der Waals surface area contributed by atoms with Gasteiger partial charge in [0.25, 0.3) is 0 Å². The Labute approximate surface area is 121 Å². The number of hydrogen-bond acceptors (Lipinski definition) is 3. The fourth-order valence-corrected chi connectivity index (χ4v) is 3.27. The Kier molecular flexibility index (Phi) is 4.37. The first-order chi connectivity index (χ1) is 9.35. The van der Waals surface area contributed by atoms with E-state index in [0.29, 0.717) is 13.0 Å². The molecule has 0 bridgehead atoms. The van der Waals surface area contributed by atoms with Crippen LogP contribution in [0.3, 0.4) is 0 Å². The summed E-state index contributed by atoms with van der Waals surface area (Å²) in [5, 5.41) is 23.2. The van der Waals surface area contributed by atoms with Crippen LogP contribution >= 0.6 is 0 Å². The predicted octanol–water partition coefficient (Wildman–Crippen LogP) is 2.65. The normalized spacial score (nSPS) is 27.4. The van der Waals surface area contributed by atoms with Crippen molar-refractivity contribution in [3.8, 4) is 5.75 Å².